The van der Waals surface area contributed by atoms with Crippen LogP contribution in [0.1, 0.15) is 54.5 Å². The van der Waals surface area contributed by atoms with Gasteiger partial charge < -0.3 is 20.9 Å². The van der Waals surface area contributed by atoms with Crippen molar-refractivity contribution in [1.29, 1.82) is 0 Å². The van der Waals surface area contributed by atoms with Crippen molar-refractivity contribution in [3.63, 3.8) is 0 Å². The average Bonchev–Trinajstić information content (AvgIpc) is 3.57. The second kappa shape index (κ2) is 9.36. The Morgan fingerprint density at radius 3 is 2.72 bits per heavy atom. The Labute approximate surface area is 229 Å². The van der Waals surface area contributed by atoms with Gasteiger partial charge in [-0.1, -0.05) is 36.4 Å². The van der Waals surface area contributed by atoms with Gasteiger partial charge in [0.25, 0.3) is 17.7 Å². The number of carbonyl (C=O) groups is 3. The molecule has 2 aromatic heterocycles. The fourth-order valence-corrected chi connectivity index (χ4v) is 6.33. The topological polar surface area (TPSA) is 103 Å². The van der Waals surface area contributed by atoms with Crippen LogP contribution in [0.4, 0.5) is 17.2 Å². The summed E-state index contributed by atoms with van der Waals surface area (Å²) in [5, 5.41) is 9.15. The first-order chi connectivity index (χ1) is 19.0. The standard InChI is InChI=1S/C30H25N5O3S/c36-28(32-19-11-12-19)24-15-17-13-14-35(23-9-2-1-6-20(23)27(17)39-24)30(38)22-8-4-10-25(34-22)33-21-7-3-5-18-16-31-29(37)26(18)21/h1-10,15,19H,11-14,16H2,(H,31,37)(H,32,36)(H,33,34). The minimum atomic E-state index is -0.205. The number of pyridine rings is 1. The molecular formula is C30H25N5O3S. The number of fused-ring (bicyclic) bond motifs is 4. The van der Waals surface area contributed by atoms with E-state index in [9.17, 15) is 14.4 Å². The second-order valence-electron chi connectivity index (χ2n) is 9.99. The van der Waals surface area contributed by atoms with Crippen LogP contribution in [0, 0.1) is 0 Å². The maximum Gasteiger partial charge on any atom is 0.276 e. The molecule has 1 saturated carbocycles. The highest BCUT2D eigenvalue weighted by atomic mass is 32.1. The summed E-state index contributed by atoms with van der Waals surface area (Å²) in [5.41, 5.74) is 5.31. The molecule has 0 spiro atoms. The fraction of sp³-hybridized carbons (Fsp3) is 0.200. The van der Waals surface area contributed by atoms with Crippen LogP contribution in [0.2, 0.25) is 0 Å². The van der Waals surface area contributed by atoms with E-state index in [0.717, 1.165) is 40.1 Å². The summed E-state index contributed by atoms with van der Waals surface area (Å²) in [6.07, 6.45) is 2.72. The first-order valence-corrected chi connectivity index (χ1v) is 13.9. The van der Waals surface area contributed by atoms with Crippen molar-refractivity contribution in [1.82, 2.24) is 15.6 Å². The Hall–Kier alpha value is -4.50. The normalized spacial score (nSPS) is 15.5. The summed E-state index contributed by atoms with van der Waals surface area (Å²) in [7, 11) is 0. The van der Waals surface area contributed by atoms with Crippen molar-refractivity contribution < 1.29 is 14.4 Å². The third-order valence-electron chi connectivity index (χ3n) is 7.28. The molecule has 3 aliphatic rings. The lowest BCUT2D eigenvalue weighted by Crippen LogP contribution is -2.33. The Morgan fingerprint density at radius 1 is 1.00 bits per heavy atom. The number of amides is 3. The van der Waals surface area contributed by atoms with Crippen molar-refractivity contribution in [3.05, 3.63) is 94.0 Å². The molecule has 0 unspecified atom stereocenters. The van der Waals surface area contributed by atoms with Crippen molar-refractivity contribution in [2.24, 2.45) is 0 Å². The quantitative estimate of drug-likeness (QED) is 0.338. The van der Waals surface area contributed by atoms with E-state index in [-0.39, 0.29) is 17.7 Å². The zero-order chi connectivity index (χ0) is 26.5. The maximum atomic E-state index is 13.8. The lowest BCUT2D eigenvalue weighted by Gasteiger charge is -2.23. The lowest BCUT2D eigenvalue weighted by molar-refractivity contribution is 0.0950. The van der Waals surface area contributed by atoms with Crippen molar-refractivity contribution >= 4 is 46.3 Å². The molecule has 8 nitrogen and oxygen atoms in total. The maximum absolute atomic E-state index is 13.8. The number of nitrogens with zero attached hydrogens (tertiary/aromatic N) is 2. The Balaban J connectivity index is 1.18. The number of anilines is 3. The molecule has 0 atom stereocenters. The summed E-state index contributed by atoms with van der Waals surface area (Å²) in [5.74, 6) is 0.143. The number of nitrogens with one attached hydrogen (secondary N) is 3. The van der Waals surface area contributed by atoms with Gasteiger partial charge in [-0.15, -0.1) is 11.3 Å². The van der Waals surface area contributed by atoms with Gasteiger partial charge in [0.15, 0.2) is 0 Å². The third kappa shape index (κ3) is 4.34. The highest BCUT2D eigenvalue weighted by molar-refractivity contribution is 7.17. The fourth-order valence-electron chi connectivity index (χ4n) is 5.19. The molecule has 0 saturated heterocycles. The first kappa shape index (κ1) is 23.6. The van der Waals surface area contributed by atoms with Gasteiger partial charge in [0.05, 0.1) is 21.8 Å². The molecule has 1 aliphatic carbocycles. The van der Waals surface area contributed by atoms with Crippen molar-refractivity contribution in [3.8, 4) is 10.4 Å². The molecule has 2 aliphatic heterocycles. The zero-order valence-electron chi connectivity index (χ0n) is 21.0. The van der Waals surface area contributed by atoms with Gasteiger partial charge in [-0.2, -0.15) is 0 Å². The van der Waals surface area contributed by atoms with Crippen LogP contribution in [0.3, 0.4) is 0 Å². The Morgan fingerprint density at radius 2 is 1.85 bits per heavy atom. The smallest absolute Gasteiger partial charge is 0.276 e. The molecular weight excluding hydrogens is 510 g/mol. The third-order valence-corrected chi connectivity index (χ3v) is 8.49. The summed E-state index contributed by atoms with van der Waals surface area (Å²) >= 11 is 1.48. The number of thiophene rings is 1. The van der Waals surface area contributed by atoms with Gasteiger partial charge in [-0.05, 0) is 60.7 Å². The van der Waals surface area contributed by atoms with Crippen LogP contribution in [-0.4, -0.2) is 35.3 Å². The number of para-hydroxylation sites is 1. The molecule has 2 aromatic carbocycles. The van der Waals surface area contributed by atoms with Crippen LogP contribution in [-0.2, 0) is 13.0 Å². The van der Waals surface area contributed by atoms with Gasteiger partial charge in [-0.3, -0.25) is 14.4 Å². The number of rotatable bonds is 5. The number of benzene rings is 2. The summed E-state index contributed by atoms with van der Waals surface area (Å²) in [6.45, 7) is 0.969. The predicted octanol–water partition coefficient (Wildman–Crippen LogP) is 4.89. The molecule has 3 N–H and O–H groups in total. The number of aromatic nitrogens is 1. The predicted molar refractivity (Wildman–Crippen MR) is 151 cm³/mol. The largest absolute Gasteiger partial charge is 0.349 e. The molecule has 0 radical (unpaired) electrons. The molecule has 9 heteroatoms. The molecule has 39 heavy (non-hydrogen) atoms. The van der Waals surface area contributed by atoms with Crippen LogP contribution in [0.15, 0.2) is 66.7 Å². The van der Waals surface area contributed by atoms with Gasteiger partial charge in [0.1, 0.15) is 11.5 Å². The van der Waals surface area contributed by atoms with E-state index in [1.54, 1.807) is 23.1 Å². The molecule has 1 fully saturated rings. The van der Waals surface area contributed by atoms with E-state index in [0.29, 0.717) is 53.2 Å². The Bertz CT molecular complexity index is 1660. The average molecular weight is 536 g/mol. The SMILES string of the molecule is O=C(NC1CC1)c1cc2c(s1)-c1ccccc1N(C(=O)c1cccc(Nc3cccc4c3C(=O)NC4)n1)CC2. The van der Waals surface area contributed by atoms with Gasteiger partial charge >= 0.3 is 0 Å². The molecule has 4 aromatic rings. The van der Waals surface area contributed by atoms with E-state index in [2.05, 4.69) is 20.9 Å². The van der Waals surface area contributed by atoms with E-state index < -0.39 is 0 Å². The summed E-state index contributed by atoms with van der Waals surface area (Å²) < 4.78 is 0. The van der Waals surface area contributed by atoms with E-state index in [4.69, 9.17) is 0 Å². The molecule has 0 bridgehead atoms. The lowest BCUT2D eigenvalue weighted by atomic mass is 10.1. The van der Waals surface area contributed by atoms with Crippen LogP contribution in [0.5, 0.6) is 0 Å². The minimum Gasteiger partial charge on any atom is -0.349 e. The number of hydrogen-bond acceptors (Lipinski definition) is 6. The molecule has 194 valence electrons. The zero-order valence-corrected chi connectivity index (χ0v) is 21.8. The minimum absolute atomic E-state index is 0.0176. The summed E-state index contributed by atoms with van der Waals surface area (Å²) in [4.78, 5) is 47.0. The van der Waals surface area contributed by atoms with E-state index in [1.165, 1.54) is 11.3 Å². The van der Waals surface area contributed by atoms with Gasteiger partial charge in [-0.25, -0.2) is 4.98 Å². The Kier molecular flexibility index (Phi) is 5.66. The molecule has 7 rings (SSSR count). The molecule has 3 amide bonds. The van der Waals surface area contributed by atoms with Crippen LogP contribution >= 0.6 is 11.3 Å². The molecule has 4 heterocycles. The van der Waals surface area contributed by atoms with Gasteiger partial charge in [0, 0.05) is 29.6 Å². The second-order valence-corrected chi connectivity index (χ2v) is 11.0. The first-order valence-electron chi connectivity index (χ1n) is 13.0. The van der Waals surface area contributed by atoms with E-state index >= 15 is 0 Å². The number of carbonyl (C=O) groups excluding carboxylic acids is 3. The highest BCUT2D eigenvalue weighted by Crippen LogP contribution is 2.42. The highest BCUT2D eigenvalue weighted by Gasteiger charge is 2.30. The van der Waals surface area contributed by atoms with Crippen molar-refractivity contribution in [2.75, 3.05) is 16.8 Å². The number of hydrogen-bond donors (Lipinski definition) is 3. The monoisotopic (exact) mass is 535 g/mol. The van der Waals surface area contributed by atoms with Crippen LogP contribution < -0.4 is 20.9 Å². The van der Waals surface area contributed by atoms with Gasteiger partial charge in [0.2, 0.25) is 0 Å². The van der Waals surface area contributed by atoms with Crippen LogP contribution in [0.25, 0.3) is 10.4 Å². The van der Waals surface area contributed by atoms with E-state index in [1.807, 2.05) is 48.5 Å². The van der Waals surface area contributed by atoms with Crippen molar-refractivity contribution in [2.45, 2.75) is 31.8 Å². The summed E-state index contributed by atoms with van der Waals surface area (Å²) in [6, 6.07) is 21.0.